The van der Waals surface area contributed by atoms with Gasteiger partial charge >= 0.3 is 0 Å². The van der Waals surface area contributed by atoms with Crippen molar-refractivity contribution in [2.75, 3.05) is 12.4 Å². The summed E-state index contributed by atoms with van der Waals surface area (Å²) in [6.07, 6.45) is 0. The topological polar surface area (TPSA) is 69.0 Å². The Morgan fingerprint density at radius 1 is 1.26 bits per heavy atom. The predicted octanol–water partition coefficient (Wildman–Crippen LogP) is 3.02. The molecule has 0 spiro atoms. The van der Waals surface area contributed by atoms with Crippen molar-refractivity contribution in [3.63, 3.8) is 0 Å². The molecule has 6 heteroatoms. The molecule has 6 nitrogen and oxygen atoms in total. The van der Waals surface area contributed by atoms with E-state index in [1.807, 2.05) is 38.1 Å². The molecule has 0 aliphatic heterocycles. The number of rotatable bonds is 4. The number of hydrogen-bond acceptors (Lipinski definition) is 4. The zero-order valence-electron chi connectivity index (χ0n) is 13.3. The molecule has 1 N–H and O–H groups in total. The number of nitrogens with one attached hydrogen (secondary N) is 1. The van der Waals surface area contributed by atoms with Crippen LogP contribution < -0.4 is 10.1 Å². The highest BCUT2D eigenvalue weighted by molar-refractivity contribution is 6.06. The first kappa shape index (κ1) is 15.0. The van der Waals surface area contributed by atoms with Crippen LogP contribution in [0.2, 0.25) is 0 Å². The van der Waals surface area contributed by atoms with Crippen LogP contribution in [0.25, 0.3) is 11.0 Å². The number of aromatic nitrogens is 3. The molecule has 0 aliphatic carbocycles. The van der Waals surface area contributed by atoms with Gasteiger partial charge in [-0.05, 0) is 49.7 Å². The van der Waals surface area contributed by atoms with E-state index >= 15 is 0 Å². The Balaban J connectivity index is 1.90. The smallest absolute Gasteiger partial charge is 0.255 e. The Labute approximate surface area is 134 Å². The Morgan fingerprint density at radius 2 is 2.09 bits per heavy atom. The lowest BCUT2D eigenvalue weighted by Crippen LogP contribution is -2.12. The summed E-state index contributed by atoms with van der Waals surface area (Å²) < 4.78 is 7.08. The van der Waals surface area contributed by atoms with E-state index < -0.39 is 0 Å². The van der Waals surface area contributed by atoms with E-state index in [4.69, 9.17) is 4.74 Å². The van der Waals surface area contributed by atoms with E-state index in [-0.39, 0.29) is 5.91 Å². The molecule has 1 heterocycles. The van der Waals surface area contributed by atoms with Gasteiger partial charge in [0.05, 0.1) is 18.3 Å². The standard InChI is InChI=1S/C17H18N4O2/c1-4-21-15-7-6-12(10-13(15)19-20-21)17(22)18-14-9-11(2)5-8-16(14)23-3/h5-10H,4H2,1-3H3,(H,18,22). The van der Waals surface area contributed by atoms with Crippen LogP contribution in [-0.2, 0) is 6.54 Å². The van der Waals surface area contributed by atoms with Crippen LogP contribution >= 0.6 is 0 Å². The summed E-state index contributed by atoms with van der Waals surface area (Å²) in [5.74, 6) is 0.420. The largest absolute Gasteiger partial charge is 0.495 e. The number of methoxy groups -OCH3 is 1. The molecule has 0 aliphatic rings. The number of carbonyl (C=O) groups excluding carboxylic acids is 1. The van der Waals surface area contributed by atoms with E-state index in [0.717, 1.165) is 17.6 Å². The summed E-state index contributed by atoms with van der Waals surface area (Å²) >= 11 is 0. The lowest BCUT2D eigenvalue weighted by molar-refractivity contribution is 0.102. The highest BCUT2D eigenvalue weighted by atomic mass is 16.5. The number of ether oxygens (including phenoxy) is 1. The van der Waals surface area contributed by atoms with Gasteiger partial charge in [-0.15, -0.1) is 5.10 Å². The fourth-order valence-electron chi connectivity index (χ4n) is 2.46. The number of fused-ring (bicyclic) bond motifs is 1. The van der Waals surface area contributed by atoms with Crippen molar-refractivity contribution in [3.05, 3.63) is 47.5 Å². The van der Waals surface area contributed by atoms with Crippen LogP contribution in [0.1, 0.15) is 22.8 Å². The SMILES string of the molecule is CCn1nnc2cc(C(=O)Nc3cc(C)ccc3OC)ccc21. The predicted molar refractivity (Wildman–Crippen MR) is 88.9 cm³/mol. The molecule has 3 rings (SSSR count). The van der Waals surface area contributed by atoms with Crippen molar-refractivity contribution in [2.45, 2.75) is 20.4 Å². The first-order valence-corrected chi connectivity index (χ1v) is 7.41. The van der Waals surface area contributed by atoms with E-state index in [1.165, 1.54) is 0 Å². The third kappa shape index (κ3) is 2.88. The van der Waals surface area contributed by atoms with Gasteiger partial charge in [0.2, 0.25) is 0 Å². The molecule has 0 saturated heterocycles. The lowest BCUT2D eigenvalue weighted by Gasteiger charge is -2.11. The minimum absolute atomic E-state index is 0.207. The van der Waals surface area contributed by atoms with Gasteiger partial charge in [0.1, 0.15) is 11.3 Å². The second kappa shape index (κ2) is 6.08. The van der Waals surface area contributed by atoms with Gasteiger partial charge in [-0.2, -0.15) is 0 Å². The average molecular weight is 310 g/mol. The number of aryl methyl sites for hydroxylation is 2. The molecule has 0 bridgehead atoms. The normalized spacial score (nSPS) is 10.7. The van der Waals surface area contributed by atoms with Gasteiger partial charge in [0, 0.05) is 12.1 Å². The number of anilines is 1. The average Bonchev–Trinajstić information content (AvgIpc) is 2.97. The molecule has 118 valence electrons. The maximum absolute atomic E-state index is 12.5. The molecule has 0 unspecified atom stereocenters. The Bertz CT molecular complexity index is 870. The van der Waals surface area contributed by atoms with Crippen molar-refractivity contribution in [3.8, 4) is 5.75 Å². The van der Waals surface area contributed by atoms with Crippen LogP contribution in [0.4, 0.5) is 5.69 Å². The molecular weight excluding hydrogens is 292 g/mol. The van der Waals surface area contributed by atoms with Crippen molar-refractivity contribution in [1.82, 2.24) is 15.0 Å². The minimum atomic E-state index is -0.207. The molecule has 0 radical (unpaired) electrons. The Hall–Kier alpha value is -2.89. The van der Waals surface area contributed by atoms with E-state index in [2.05, 4.69) is 15.6 Å². The number of carbonyl (C=O) groups is 1. The summed E-state index contributed by atoms with van der Waals surface area (Å²) in [6, 6.07) is 11.0. The van der Waals surface area contributed by atoms with E-state index in [0.29, 0.717) is 22.5 Å². The molecule has 0 saturated carbocycles. The molecule has 3 aromatic rings. The molecular formula is C17H18N4O2. The van der Waals surface area contributed by atoms with Crippen molar-refractivity contribution >= 4 is 22.6 Å². The summed E-state index contributed by atoms with van der Waals surface area (Å²) in [5.41, 5.74) is 3.84. The summed E-state index contributed by atoms with van der Waals surface area (Å²) in [7, 11) is 1.58. The van der Waals surface area contributed by atoms with Gasteiger partial charge in [-0.1, -0.05) is 11.3 Å². The summed E-state index contributed by atoms with van der Waals surface area (Å²) in [4.78, 5) is 12.5. The second-order valence-corrected chi connectivity index (χ2v) is 5.27. The molecule has 1 aromatic heterocycles. The zero-order valence-corrected chi connectivity index (χ0v) is 13.3. The number of hydrogen-bond donors (Lipinski definition) is 1. The van der Waals surface area contributed by atoms with Crippen LogP contribution in [0.15, 0.2) is 36.4 Å². The van der Waals surface area contributed by atoms with Gasteiger partial charge in [0.25, 0.3) is 5.91 Å². The maximum Gasteiger partial charge on any atom is 0.255 e. The molecule has 0 atom stereocenters. The first-order chi connectivity index (χ1) is 11.1. The highest BCUT2D eigenvalue weighted by Gasteiger charge is 2.12. The van der Waals surface area contributed by atoms with E-state index in [9.17, 15) is 4.79 Å². The van der Waals surface area contributed by atoms with E-state index in [1.54, 1.807) is 23.9 Å². The molecule has 1 amide bonds. The van der Waals surface area contributed by atoms with Crippen molar-refractivity contribution in [1.29, 1.82) is 0 Å². The number of amides is 1. The summed E-state index contributed by atoms with van der Waals surface area (Å²) in [6.45, 7) is 4.70. The lowest BCUT2D eigenvalue weighted by atomic mass is 10.1. The zero-order chi connectivity index (χ0) is 16.4. The fraction of sp³-hybridized carbons (Fsp3) is 0.235. The molecule has 0 fully saturated rings. The Morgan fingerprint density at radius 3 is 2.83 bits per heavy atom. The summed E-state index contributed by atoms with van der Waals surface area (Å²) in [5, 5.41) is 11.0. The fourth-order valence-corrected chi connectivity index (χ4v) is 2.46. The number of nitrogens with zero attached hydrogens (tertiary/aromatic N) is 3. The van der Waals surface area contributed by atoms with Crippen LogP contribution in [0.3, 0.4) is 0 Å². The third-order valence-electron chi connectivity index (χ3n) is 3.68. The van der Waals surface area contributed by atoms with Crippen molar-refractivity contribution in [2.24, 2.45) is 0 Å². The van der Waals surface area contributed by atoms with Gasteiger partial charge in [0.15, 0.2) is 0 Å². The van der Waals surface area contributed by atoms with Crippen LogP contribution in [-0.4, -0.2) is 28.0 Å². The van der Waals surface area contributed by atoms with Gasteiger partial charge in [-0.25, -0.2) is 4.68 Å². The molecule has 23 heavy (non-hydrogen) atoms. The van der Waals surface area contributed by atoms with Crippen LogP contribution in [0.5, 0.6) is 5.75 Å². The first-order valence-electron chi connectivity index (χ1n) is 7.41. The minimum Gasteiger partial charge on any atom is -0.495 e. The monoisotopic (exact) mass is 310 g/mol. The second-order valence-electron chi connectivity index (χ2n) is 5.27. The van der Waals surface area contributed by atoms with Crippen LogP contribution in [0, 0.1) is 6.92 Å². The van der Waals surface area contributed by atoms with Gasteiger partial charge in [-0.3, -0.25) is 4.79 Å². The number of benzene rings is 2. The quantitative estimate of drug-likeness (QED) is 0.804. The maximum atomic E-state index is 12.5. The highest BCUT2D eigenvalue weighted by Crippen LogP contribution is 2.26. The molecule has 2 aromatic carbocycles. The van der Waals surface area contributed by atoms with Gasteiger partial charge < -0.3 is 10.1 Å². The third-order valence-corrected chi connectivity index (χ3v) is 3.68. The van der Waals surface area contributed by atoms with Crippen molar-refractivity contribution < 1.29 is 9.53 Å². The Kier molecular flexibility index (Phi) is 3.97.